The molecule has 2 aromatic rings. The van der Waals surface area contributed by atoms with Gasteiger partial charge in [0.15, 0.2) is 5.69 Å². The van der Waals surface area contributed by atoms with E-state index < -0.39 is 0 Å². The van der Waals surface area contributed by atoms with Crippen LogP contribution in [0.3, 0.4) is 0 Å². The third-order valence-corrected chi connectivity index (χ3v) is 3.82. The fourth-order valence-electron chi connectivity index (χ4n) is 2.88. The minimum atomic E-state index is -0.347. The maximum absolute atomic E-state index is 12.3. The van der Waals surface area contributed by atoms with Crippen molar-refractivity contribution in [3.63, 3.8) is 0 Å². The van der Waals surface area contributed by atoms with Crippen LogP contribution in [0.25, 0.3) is 11.1 Å². The van der Waals surface area contributed by atoms with Crippen molar-refractivity contribution in [3.05, 3.63) is 41.6 Å². The Morgan fingerprint density at radius 3 is 2.87 bits per heavy atom. The molecule has 1 aliphatic rings. The number of benzene rings is 1. The standard InChI is InChI=1S/C17H22N4O2/c1-20(2)11-12-5-4-6-13(9-12)14-10-15-18-7-8-19-21(15)16(14)17(22)23-3/h4-6,9-10,18-19H,7-8,11H2,1-3H3. The molecule has 0 amide bonds. The average Bonchev–Trinajstić information content (AvgIpc) is 2.93. The van der Waals surface area contributed by atoms with Gasteiger partial charge in [-0.2, -0.15) is 0 Å². The number of anilines is 1. The number of aromatic nitrogens is 1. The van der Waals surface area contributed by atoms with E-state index in [2.05, 4.69) is 27.8 Å². The lowest BCUT2D eigenvalue weighted by Crippen LogP contribution is -2.32. The SMILES string of the molecule is COC(=O)c1c(-c2cccc(CN(C)C)c2)cc2n1NCCN2. The minimum Gasteiger partial charge on any atom is -0.464 e. The number of rotatable bonds is 4. The van der Waals surface area contributed by atoms with E-state index in [1.54, 1.807) is 4.68 Å². The number of nitrogens with one attached hydrogen (secondary N) is 2. The molecule has 6 nitrogen and oxygen atoms in total. The third kappa shape index (κ3) is 3.03. The molecule has 0 spiro atoms. The normalized spacial score (nSPS) is 13.2. The largest absolute Gasteiger partial charge is 0.464 e. The van der Waals surface area contributed by atoms with E-state index in [9.17, 15) is 4.79 Å². The number of methoxy groups -OCH3 is 1. The Labute approximate surface area is 136 Å². The summed E-state index contributed by atoms with van der Waals surface area (Å²) in [6, 6.07) is 10.2. The smallest absolute Gasteiger partial charge is 0.357 e. The summed E-state index contributed by atoms with van der Waals surface area (Å²) >= 11 is 0. The first kappa shape index (κ1) is 15.4. The fraction of sp³-hybridized carbons (Fsp3) is 0.353. The molecule has 2 N–H and O–H groups in total. The van der Waals surface area contributed by atoms with Gasteiger partial charge in [-0.1, -0.05) is 18.2 Å². The van der Waals surface area contributed by atoms with Gasteiger partial charge >= 0.3 is 5.97 Å². The summed E-state index contributed by atoms with van der Waals surface area (Å²) in [6.07, 6.45) is 0. The van der Waals surface area contributed by atoms with Crippen LogP contribution in [0.5, 0.6) is 0 Å². The highest BCUT2D eigenvalue weighted by molar-refractivity contribution is 5.97. The Morgan fingerprint density at radius 1 is 1.30 bits per heavy atom. The van der Waals surface area contributed by atoms with Crippen molar-refractivity contribution in [1.29, 1.82) is 0 Å². The topological polar surface area (TPSA) is 58.5 Å². The second kappa shape index (κ2) is 6.34. The van der Waals surface area contributed by atoms with Gasteiger partial charge in [-0.3, -0.25) is 0 Å². The molecule has 0 unspecified atom stereocenters. The van der Waals surface area contributed by atoms with Gasteiger partial charge in [-0.25, -0.2) is 9.47 Å². The van der Waals surface area contributed by atoms with Crippen LogP contribution in [0.1, 0.15) is 16.1 Å². The summed E-state index contributed by atoms with van der Waals surface area (Å²) in [7, 11) is 5.49. The Balaban J connectivity index is 2.08. The Kier molecular flexibility index (Phi) is 4.25. The number of carbonyl (C=O) groups excluding carboxylic acids is 1. The number of hydrogen-bond donors (Lipinski definition) is 2. The van der Waals surface area contributed by atoms with E-state index in [0.717, 1.165) is 36.6 Å². The van der Waals surface area contributed by atoms with Crippen LogP contribution < -0.4 is 10.7 Å². The Morgan fingerprint density at radius 2 is 2.13 bits per heavy atom. The van der Waals surface area contributed by atoms with Crippen LogP contribution in [0.2, 0.25) is 0 Å². The van der Waals surface area contributed by atoms with Gasteiger partial charge < -0.3 is 20.4 Å². The molecule has 0 atom stereocenters. The molecule has 0 aliphatic carbocycles. The number of ether oxygens (including phenoxy) is 1. The van der Waals surface area contributed by atoms with Crippen LogP contribution in [0.4, 0.5) is 5.82 Å². The van der Waals surface area contributed by atoms with E-state index >= 15 is 0 Å². The van der Waals surface area contributed by atoms with Crippen LogP contribution in [0.15, 0.2) is 30.3 Å². The molecule has 1 aromatic heterocycles. The highest BCUT2D eigenvalue weighted by Gasteiger charge is 2.24. The highest BCUT2D eigenvalue weighted by atomic mass is 16.5. The van der Waals surface area contributed by atoms with Crippen LogP contribution in [-0.2, 0) is 11.3 Å². The van der Waals surface area contributed by atoms with Crippen molar-refractivity contribution in [2.75, 3.05) is 45.0 Å². The van der Waals surface area contributed by atoms with Gasteiger partial charge in [-0.15, -0.1) is 0 Å². The zero-order chi connectivity index (χ0) is 16.4. The number of esters is 1. The molecule has 0 bridgehead atoms. The maximum atomic E-state index is 12.3. The zero-order valence-electron chi connectivity index (χ0n) is 13.7. The maximum Gasteiger partial charge on any atom is 0.357 e. The quantitative estimate of drug-likeness (QED) is 0.845. The van der Waals surface area contributed by atoms with Crippen LogP contribution in [-0.4, -0.2) is 49.8 Å². The number of carbonyl (C=O) groups is 1. The molecule has 1 aliphatic heterocycles. The summed E-state index contributed by atoms with van der Waals surface area (Å²) in [5, 5.41) is 3.30. The lowest BCUT2D eigenvalue weighted by Gasteiger charge is -2.20. The molecule has 0 saturated carbocycles. The van der Waals surface area contributed by atoms with E-state index in [1.807, 2.05) is 32.3 Å². The van der Waals surface area contributed by atoms with Gasteiger partial charge in [0.1, 0.15) is 5.82 Å². The first-order valence-corrected chi connectivity index (χ1v) is 7.66. The fourth-order valence-corrected chi connectivity index (χ4v) is 2.88. The van der Waals surface area contributed by atoms with Gasteiger partial charge in [0.25, 0.3) is 0 Å². The zero-order valence-corrected chi connectivity index (χ0v) is 13.7. The van der Waals surface area contributed by atoms with Crippen molar-refractivity contribution in [2.45, 2.75) is 6.54 Å². The van der Waals surface area contributed by atoms with Crippen molar-refractivity contribution in [2.24, 2.45) is 0 Å². The Hall–Kier alpha value is -2.47. The summed E-state index contributed by atoms with van der Waals surface area (Å²) in [6.45, 7) is 2.43. The summed E-state index contributed by atoms with van der Waals surface area (Å²) < 4.78 is 6.76. The van der Waals surface area contributed by atoms with Crippen molar-refractivity contribution >= 4 is 11.8 Å². The summed E-state index contributed by atoms with van der Waals surface area (Å²) in [4.78, 5) is 14.4. The first-order valence-electron chi connectivity index (χ1n) is 7.66. The molecule has 0 saturated heterocycles. The lowest BCUT2D eigenvalue weighted by atomic mass is 10.0. The van der Waals surface area contributed by atoms with E-state index in [4.69, 9.17) is 4.74 Å². The molecule has 0 radical (unpaired) electrons. The second-order valence-electron chi connectivity index (χ2n) is 5.89. The number of hydrogen-bond acceptors (Lipinski definition) is 5. The monoisotopic (exact) mass is 314 g/mol. The average molecular weight is 314 g/mol. The summed E-state index contributed by atoms with van der Waals surface area (Å²) in [5.41, 5.74) is 6.83. The first-order chi connectivity index (χ1) is 11.1. The van der Waals surface area contributed by atoms with E-state index in [-0.39, 0.29) is 5.97 Å². The molecule has 1 aromatic carbocycles. The Bertz CT molecular complexity index is 721. The van der Waals surface area contributed by atoms with Gasteiger partial charge in [0, 0.05) is 25.2 Å². The van der Waals surface area contributed by atoms with Crippen LogP contribution in [0, 0.1) is 0 Å². The van der Waals surface area contributed by atoms with Gasteiger partial charge in [-0.05, 0) is 37.4 Å². The van der Waals surface area contributed by atoms with Gasteiger partial charge in [0.05, 0.1) is 7.11 Å². The van der Waals surface area contributed by atoms with Crippen LogP contribution >= 0.6 is 0 Å². The van der Waals surface area contributed by atoms with Gasteiger partial charge in [0.2, 0.25) is 0 Å². The molecule has 3 rings (SSSR count). The summed E-state index contributed by atoms with van der Waals surface area (Å²) in [5.74, 6) is 0.533. The van der Waals surface area contributed by atoms with E-state index in [0.29, 0.717) is 5.69 Å². The molecule has 122 valence electrons. The molecular weight excluding hydrogens is 292 g/mol. The predicted octanol–water partition coefficient (Wildman–Crippen LogP) is 1.97. The number of fused-ring (bicyclic) bond motifs is 1. The lowest BCUT2D eigenvalue weighted by molar-refractivity contribution is 0.0591. The minimum absolute atomic E-state index is 0.347. The molecular formula is C17H22N4O2. The van der Waals surface area contributed by atoms with Crippen molar-refractivity contribution in [3.8, 4) is 11.1 Å². The second-order valence-corrected chi connectivity index (χ2v) is 5.89. The molecule has 23 heavy (non-hydrogen) atoms. The highest BCUT2D eigenvalue weighted by Crippen LogP contribution is 2.31. The molecule has 2 heterocycles. The van der Waals surface area contributed by atoms with Crippen molar-refractivity contribution in [1.82, 2.24) is 9.58 Å². The third-order valence-electron chi connectivity index (χ3n) is 3.82. The number of nitrogens with zero attached hydrogens (tertiary/aromatic N) is 2. The molecule has 0 fully saturated rings. The van der Waals surface area contributed by atoms with E-state index in [1.165, 1.54) is 12.7 Å². The predicted molar refractivity (Wildman–Crippen MR) is 91.3 cm³/mol. The van der Waals surface area contributed by atoms with Crippen molar-refractivity contribution < 1.29 is 9.53 Å². The molecule has 6 heteroatoms.